The lowest BCUT2D eigenvalue weighted by molar-refractivity contribution is -0.689. The van der Waals surface area contributed by atoms with Crippen LogP contribution in [0.15, 0.2) is 42.5 Å². The maximum absolute atomic E-state index is 5.38. The van der Waals surface area contributed by atoms with E-state index >= 15 is 0 Å². The third-order valence-electron chi connectivity index (χ3n) is 4.77. The minimum absolute atomic E-state index is 0.713. The largest absolute Gasteiger partial charge is 0.493 e. The molecule has 1 aliphatic carbocycles. The Bertz CT molecular complexity index is 654. The molecular weight excluding hydrogens is 286 g/mol. The molecule has 0 unspecified atom stereocenters. The van der Waals surface area contributed by atoms with E-state index in [9.17, 15) is 0 Å². The molecule has 2 aromatic carbocycles. The van der Waals surface area contributed by atoms with E-state index in [0.29, 0.717) is 6.04 Å². The second-order valence-electron chi connectivity index (χ2n) is 6.24. The summed E-state index contributed by atoms with van der Waals surface area (Å²) in [6.07, 6.45) is 4.75. The van der Waals surface area contributed by atoms with Gasteiger partial charge in [-0.2, -0.15) is 0 Å². The molecular formula is C20H26NO2+. The van der Waals surface area contributed by atoms with Gasteiger partial charge in [0.2, 0.25) is 0 Å². The fourth-order valence-corrected chi connectivity index (χ4v) is 3.45. The van der Waals surface area contributed by atoms with Crippen molar-refractivity contribution in [3.05, 3.63) is 59.2 Å². The molecule has 0 aromatic heterocycles. The quantitative estimate of drug-likeness (QED) is 0.889. The van der Waals surface area contributed by atoms with Gasteiger partial charge >= 0.3 is 0 Å². The summed E-state index contributed by atoms with van der Waals surface area (Å²) in [4.78, 5) is 0. The maximum atomic E-state index is 5.38. The van der Waals surface area contributed by atoms with Crippen LogP contribution in [-0.2, 0) is 19.3 Å². The summed E-state index contributed by atoms with van der Waals surface area (Å²) in [5.41, 5.74) is 4.37. The fraction of sp³-hybridized carbons (Fsp3) is 0.400. The number of hydrogen-bond acceptors (Lipinski definition) is 2. The molecule has 2 aromatic rings. The highest BCUT2D eigenvalue weighted by Gasteiger charge is 2.20. The number of quaternary nitrogens is 1. The number of fused-ring (bicyclic) bond motifs is 1. The summed E-state index contributed by atoms with van der Waals surface area (Å²) in [5, 5.41) is 2.51. The maximum Gasteiger partial charge on any atom is 0.160 e. The first-order valence-electron chi connectivity index (χ1n) is 8.41. The van der Waals surface area contributed by atoms with Gasteiger partial charge in [-0.05, 0) is 35.2 Å². The van der Waals surface area contributed by atoms with Crippen molar-refractivity contribution in [1.29, 1.82) is 0 Å². The molecule has 0 radical (unpaired) electrons. The third-order valence-corrected chi connectivity index (χ3v) is 4.77. The average molecular weight is 312 g/mol. The molecule has 1 atom stereocenters. The van der Waals surface area contributed by atoms with Gasteiger partial charge < -0.3 is 14.8 Å². The van der Waals surface area contributed by atoms with Gasteiger partial charge in [0, 0.05) is 19.3 Å². The van der Waals surface area contributed by atoms with Crippen LogP contribution in [0.3, 0.4) is 0 Å². The van der Waals surface area contributed by atoms with E-state index in [0.717, 1.165) is 24.5 Å². The van der Waals surface area contributed by atoms with Gasteiger partial charge in [-0.3, -0.25) is 0 Å². The van der Waals surface area contributed by atoms with E-state index < -0.39 is 0 Å². The van der Waals surface area contributed by atoms with E-state index in [1.54, 1.807) is 14.2 Å². The molecule has 1 aliphatic rings. The Balaban J connectivity index is 1.52. The number of methoxy groups -OCH3 is 2. The number of rotatable bonds is 6. The van der Waals surface area contributed by atoms with Crippen LogP contribution in [0.5, 0.6) is 11.5 Å². The van der Waals surface area contributed by atoms with Crippen molar-refractivity contribution in [3.8, 4) is 11.5 Å². The molecule has 0 amide bonds. The van der Waals surface area contributed by atoms with Crippen molar-refractivity contribution in [2.75, 3.05) is 20.8 Å². The summed E-state index contributed by atoms with van der Waals surface area (Å²) in [6.45, 7) is 1.11. The lowest BCUT2D eigenvalue weighted by Crippen LogP contribution is -2.91. The summed E-state index contributed by atoms with van der Waals surface area (Å²) in [5.74, 6) is 1.61. The standard InChI is InChI=1S/C20H25NO2/c1-22-19-10-7-15(13-20(19)23-2)11-12-21-18-9-8-16-5-3-4-6-17(16)14-18/h3-7,10,13,18,21H,8-9,11-12,14H2,1-2H3/p+1/t18-/m1/s1. The van der Waals surface area contributed by atoms with E-state index in [1.165, 1.54) is 36.0 Å². The highest BCUT2D eigenvalue weighted by atomic mass is 16.5. The van der Waals surface area contributed by atoms with Crippen molar-refractivity contribution >= 4 is 0 Å². The van der Waals surface area contributed by atoms with Crippen molar-refractivity contribution in [1.82, 2.24) is 0 Å². The van der Waals surface area contributed by atoms with Crippen LogP contribution < -0.4 is 14.8 Å². The van der Waals surface area contributed by atoms with Gasteiger partial charge in [0.25, 0.3) is 0 Å². The Morgan fingerprint density at radius 2 is 1.78 bits per heavy atom. The monoisotopic (exact) mass is 312 g/mol. The SMILES string of the molecule is COc1ccc(CC[NH2+][C@@H]2CCc3ccccc3C2)cc1OC. The highest BCUT2D eigenvalue weighted by Crippen LogP contribution is 2.27. The topological polar surface area (TPSA) is 35.1 Å². The number of ether oxygens (including phenoxy) is 2. The van der Waals surface area contributed by atoms with Crippen LogP contribution in [0.25, 0.3) is 0 Å². The number of hydrogen-bond donors (Lipinski definition) is 1. The summed E-state index contributed by atoms with van der Waals surface area (Å²) in [6, 6.07) is 15.8. The molecule has 0 saturated carbocycles. The van der Waals surface area contributed by atoms with Crippen molar-refractivity contribution < 1.29 is 14.8 Å². The summed E-state index contributed by atoms with van der Waals surface area (Å²) >= 11 is 0. The van der Waals surface area contributed by atoms with Crippen LogP contribution in [0.4, 0.5) is 0 Å². The Labute approximate surface area is 138 Å². The van der Waals surface area contributed by atoms with Crippen molar-refractivity contribution in [2.24, 2.45) is 0 Å². The molecule has 3 heteroatoms. The molecule has 0 bridgehead atoms. The molecule has 0 spiro atoms. The van der Waals surface area contributed by atoms with Crippen LogP contribution in [0.2, 0.25) is 0 Å². The van der Waals surface area contributed by atoms with Gasteiger partial charge in [-0.15, -0.1) is 0 Å². The third kappa shape index (κ3) is 3.85. The number of benzene rings is 2. The Kier molecular flexibility index (Phi) is 5.19. The van der Waals surface area contributed by atoms with Crippen LogP contribution in [-0.4, -0.2) is 26.8 Å². The van der Waals surface area contributed by atoms with Gasteiger partial charge in [-0.25, -0.2) is 0 Å². The minimum atomic E-state index is 0.713. The molecule has 3 rings (SSSR count). The van der Waals surface area contributed by atoms with Crippen LogP contribution in [0, 0.1) is 0 Å². The lowest BCUT2D eigenvalue weighted by Gasteiger charge is -2.23. The predicted octanol–water partition coefficient (Wildman–Crippen LogP) is 2.37. The molecule has 0 heterocycles. The molecule has 2 N–H and O–H groups in total. The molecule has 23 heavy (non-hydrogen) atoms. The Morgan fingerprint density at radius 3 is 2.57 bits per heavy atom. The molecule has 0 saturated heterocycles. The first-order chi connectivity index (χ1) is 11.3. The average Bonchev–Trinajstić information content (AvgIpc) is 2.61. The Hall–Kier alpha value is -2.00. The zero-order valence-corrected chi connectivity index (χ0v) is 14.0. The van der Waals surface area contributed by atoms with E-state index in [2.05, 4.69) is 41.7 Å². The van der Waals surface area contributed by atoms with Gasteiger partial charge in [-0.1, -0.05) is 30.3 Å². The first-order valence-corrected chi connectivity index (χ1v) is 8.41. The first kappa shape index (κ1) is 15.9. The molecule has 0 fully saturated rings. The summed E-state index contributed by atoms with van der Waals surface area (Å²) < 4.78 is 10.7. The van der Waals surface area contributed by atoms with E-state index in [1.807, 2.05) is 6.07 Å². The number of aryl methyl sites for hydroxylation is 1. The predicted molar refractivity (Wildman–Crippen MR) is 92.3 cm³/mol. The molecule has 0 aliphatic heterocycles. The van der Waals surface area contributed by atoms with Gasteiger partial charge in [0.05, 0.1) is 26.8 Å². The fourth-order valence-electron chi connectivity index (χ4n) is 3.45. The van der Waals surface area contributed by atoms with Crippen molar-refractivity contribution in [2.45, 2.75) is 31.7 Å². The van der Waals surface area contributed by atoms with Crippen LogP contribution in [0.1, 0.15) is 23.1 Å². The van der Waals surface area contributed by atoms with Gasteiger partial charge in [0.15, 0.2) is 11.5 Å². The smallest absolute Gasteiger partial charge is 0.160 e. The van der Waals surface area contributed by atoms with Crippen molar-refractivity contribution in [3.63, 3.8) is 0 Å². The van der Waals surface area contributed by atoms with Gasteiger partial charge in [0.1, 0.15) is 0 Å². The second-order valence-corrected chi connectivity index (χ2v) is 6.24. The normalized spacial score (nSPS) is 16.7. The Morgan fingerprint density at radius 1 is 1.00 bits per heavy atom. The second kappa shape index (κ2) is 7.51. The van der Waals surface area contributed by atoms with E-state index in [-0.39, 0.29) is 0 Å². The number of nitrogens with two attached hydrogens (primary N) is 1. The zero-order valence-electron chi connectivity index (χ0n) is 14.0. The zero-order chi connectivity index (χ0) is 16.1. The minimum Gasteiger partial charge on any atom is -0.493 e. The van der Waals surface area contributed by atoms with Crippen LogP contribution >= 0.6 is 0 Å². The summed E-state index contributed by atoms with van der Waals surface area (Å²) in [7, 11) is 3.36. The van der Waals surface area contributed by atoms with E-state index in [4.69, 9.17) is 9.47 Å². The molecule has 122 valence electrons. The highest BCUT2D eigenvalue weighted by molar-refractivity contribution is 5.42. The lowest BCUT2D eigenvalue weighted by atomic mass is 9.88. The molecule has 3 nitrogen and oxygen atoms in total.